The normalized spacial score (nSPS) is 10.3. The van der Waals surface area contributed by atoms with Crippen LogP contribution in [0.3, 0.4) is 0 Å². The van der Waals surface area contributed by atoms with Crippen LogP contribution >= 0.6 is 0 Å². The number of rotatable bonds is 7. The molecule has 0 bridgehead atoms. The van der Waals surface area contributed by atoms with E-state index in [0.717, 1.165) is 22.5 Å². The van der Waals surface area contributed by atoms with E-state index in [1.165, 1.54) is 0 Å². The average Bonchev–Trinajstić information content (AvgIpc) is 2.97. The number of amides is 1. The first-order valence-electron chi connectivity index (χ1n) is 9.35. The Balaban J connectivity index is 1.79. The Bertz CT molecular complexity index is 1050. The maximum absolute atomic E-state index is 12.6. The highest BCUT2D eigenvalue weighted by molar-refractivity contribution is 5.94. The molecule has 1 amide bonds. The highest BCUT2D eigenvalue weighted by Crippen LogP contribution is 2.27. The number of nitriles is 1. The molecule has 148 valence electrons. The smallest absolute Gasteiger partial charge is 0.244 e. The number of nitrogens with one attached hydrogen (secondary N) is 2. The molecule has 6 heteroatoms. The number of ether oxygens (including phenoxy) is 1. The minimum atomic E-state index is -0.226. The number of carbonyl (C=O) groups is 1. The van der Waals surface area contributed by atoms with Crippen LogP contribution in [-0.4, -0.2) is 24.1 Å². The summed E-state index contributed by atoms with van der Waals surface area (Å²) in [6.45, 7) is 4.52. The lowest BCUT2D eigenvalue weighted by Gasteiger charge is -2.14. The average molecular weight is 388 g/mol. The van der Waals surface area contributed by atoms with Gasteiger partial charge in [-0.15, -0.1) is 0 Å². The van der Waals surface area contributed by atoms with Crippen LogP contribution in [0.4, 0.5) is 11.5 Å². The molecule has 1 aromatic heterocycles. The van der Waals surface area contributed by atoms with Gasteiger partial charge in [0, 0.05) is 24.0 Å². The van der Waals surface area contributed by atoms with E-state index in [1.807, 2.05) is 73.0 Å². The summed E-state index contributed by atoms with van der Waals surface area (Å²) in [6.07, 6.45) is 0. The van der Waals surface area contributed by atoms with E-state index in [-0.39, 0.29) is 12.5 Å². The zero-order valence-electron chi connectivity index (χ0n) is 16.8. The minimum Gasteiger partial charge on any atom is -0.497 e. The molecule has 0 atom stereocenters. The molecule has 29 heavy (non-hydrogen) atoms. The molecule has 3 aromatic rings. The van der Waals surface area contributed by atoms with Crippen LogP contribution in [0.25, 0.3) is 0 Å². The van der Waals surface area contributed by atoms with Gasteiger partial charge in [0.25, 0.3) is 0 Å². The second-order valence-electron chi connectivity index (χ2n) is 6.75. The van der Waals surface area contributed by atoms with Crippen molar-refractivity contribution >= 4 is 17.4 Å². The van der Waals surface area contributed by atoms with E-state index in [4.69, 9.17) is 4.74 Å². The summed E-state index contributed by atoms with van der Waals surface area (Å²) >= 11 is 0. The SMILES string of the molecule is COc1cccc(NCC(=O)Nc2c(C#N)c(C)c(C)n2Cc2ccccc2)c1. The molecule has 0 aliphatic carbocycles. The molecule has 0 fully saturated rings. The summed E-state index contributed by atoms with van der Waals surface area (Å²) in [7, 11) is 1.60. The molecule has 0 aliphatic rings. The highest BCUT2D eigenvalue weighted by atomic mass is 16.5. The number of benzene rings is 2. The number of carbonyl (C=O) groups excluding carboxylic acids is 1. The number of aromatic nitrogens is 1. The molecule has 0 saturated carbocycles. The third-order valence-corrected chi connectivity index (χ3v) is 4.91. The van der Waals surface area contributed by atoms with Crippen molar-refractivity contribution in [3.05, 3.63) is 77.0 Å². The monoisotopic (exact) mass is 388 g/mol. The number of hydrogen-bond donors (Lipinski definition) is 2. The van der Waals surface area contributed by atoms with Gasteiger partial charge in [-0.25, -0.2) is 0 Å². The fraction of sp³-hybridized carbons (Fsp3) is 0.217. The Labute approximate surface area is 170 Å². The molecule has 0 aliphatic heterocycles. The van der Waals surface area contributed by atoms with E-state index in [9.17, 15) is 10.1 Å². The largest absolute Gasteiger partial charge is 0.497 e. The van der Waals surface area contributed by atoms with Gasteiger partial charge >= 0.3 is 0 Å². The van der Waals surface area contributed by atoms with Gasteiger partial charge < -0.3 is 19.9 Å². The minimum absolute atomic E-state index is 0.0760. The Hall–Kier alpha value is -3.72. The van der Waals surface area contributed by atoms with Gasteiger partial charge in [0.1, 0.15) is 17.6 Å². The topological polar surface area (TPSA) is 79.1 Å². The van der Waals surface area contributed by atoms with Gasteiger partial charge in [-0.2, -0.15) is 5.26 Å². The van der Waals surface area contributed by atoms with Crippen LogP contribution in [0.15, 0.2) is 54.6 Å². The fourth-order valence-electron chi connectivity index (χ4n) is 3.19. The van der Waals surface area contributed by atoms with Crippen LogP contribution < -0.4 is 15.4 Å². The lowest BCUT2D eigenvalue weighted by molar-refractivity contribution is -0.114. The van der Waals surface area contributed by atoms with Crippen molar-refractivity contribution in [1.82, 2.24) is 4.57 Å². The van der Waals surface area contributed by atoms with Gasteiger partial charge in [0.05, 0.1) is 19.2 Å². The third kappa shape index (κ3) is 4.58. The van der Waals surface area contributed by atoms with E-state index >= 15 is 0 Å². The number of methoxy groups -OCH3 is 1. The van der Waals surface area contributed by atoms with E-state index in [0.29, 0.717) is 23.7 Å². The van der Waals surface area contributed by atoms with Crippen molar-refractivity contribution in [3.63, 3.8) is 0 Å². The van der Waals surface area contributed by atoms with Crippen LogP contribution in [0.2, 0.25) is 0 Å². The molecule has 0 unspecified atom stereocenters. The highest BCUT2D eigenvalue weighted by Gasteiger charge is 2.19. The van der Waals surface area contributed by atoms with Gasteiger partial charge in [-0.3, -0.25) is 4.79 Å². The van der Waals surface area contributed by atoms with Gasteiger partial charge in [-0.05, 0) is 37.1 Å². The van der Waals surface area contributed by atoms with Crippen LogP contribution in [0.1, 0.15) is 22.4 Å². The molecule has 1 heterocycles. The van der Waals surface area contributed by atoms with Crippen LogP contribution in [0.5, 0.6) is 5.75 Å². The lowest BCUT2D eigenvalue weighted by Crippen LogP contribution is -2.24. The molecule has 6 nitrogen and oxygen atoms in total. The lowest BCUT2D eigenvalue weighted by atomic mass is 10.2. The summed E-state index contributed by atoms with van der Waals surface area (Å²) in [5.74, 6) is 1.02. The fourth-order valence-corrected chi connectivity index (χ4v) is 3.19. The summed E-state index contributed by atoms with van der Waals surface area (Å²) in [4.78, 5) is 12.6. The van der Waals surface area contributed by atoms with Crippen LogP contribution in [0, 0.1) is 25.2 Å². The van der Waals surface area contributed by atoms with E-state index in [2.05, 4.69) is 16.7 Å². The Kier molecular flexibility index (Phi) is 6.20. The second-order valence-corrected chi connectivity index (χ2v) is 6.75. The summed E-state index contributed by atoms with van der Waals surface area (Å²) in [5.41, 5.74) is 4.21. The quantitative estimate of drug-likeness (QED) is 0.639. The molecular weight excluding hydrogens is 364 g/mol. The molecule has 0 saturated heterocycles. The maximum Gasteiger partial charge on any atom is 0.244 e. The summed E-state index contributed by atoms with van der Waals surface area (Å²) < 4.78 is 7.17. The molecule has 0 spiro atoms. The summed E-state index contributed by atoms with van der Waals surface area (Å²) in [5, 5.41) is 15.6. The maximum atomic E-state index is 12.6. The zero-order valence-corrected chi connectivity index (χ0v) is 16.8. The Morgan fingerprint density at radius 3 is 2.59 bits per heavy atom. The molecule has 2 N–H and O–H groups in total. The molecular formula is C23H24N4O2. The Morgan fingerprint density at radius 1 is 1.14 bits per heavy atom. The zero-order chi connectivity index (χ0) is 20.8. The van der Waals surface area contributed by atoms with E-state index in [1.54, 1.807) is 7.11 Å². The number of hydrogen-bond acceptors (Lipinski definition) is 4. The van der Waals surface area contributed by atoms with Crippen molar-refractivity contribution in [3.8, 4) is 11.8 Å². The predicted octanol–water partition coefficient (Wildman–Crippen LogP) is 4.08. The van der Waals surface area contributed by atoms with Crippen LogP contribution in [-0.2, 0) is 11.3 Å². The van der Waals surface area contributed by atoms with Crippen molar-refractivity contribution in [1.29, 1.82) is 5.26 Å². The first kappa shape index (κ1) is 20.0. The first-order valence-corrected chi connectivity index (χ1v) is 9.35. The summed E-state index contributed by atoms with van der Waals surface area (Å²) in [6, 6.07) is 19.6. The van der Waals surface area contributed by atoms with Gasteiger partial charge in [-0.1, -0.05) is 36.4 Å². The van der Waals surface area contributed by atoms with Crippen molar-refractivity contribution in [2.75, 3.05) is 24.3 Å². The molecule has 2 aromatic carbocycles. The van der Waals surface area contributed by atoms with E-state index < -0.39 is 0 Å². The number of nitrogens with zero attached hydrogens (tertiary/aromatic N) is 2. The predicted molar refractivity (Wildman–Crippen MR) is 114 cm³/mol. The standard InChI is InChI=1S/C23H24N4O2/c1-16-17(2)27(15-18-8-5-4-6-9-18)23(21(16)13-24)26-22(28)14-25-19-10-7-11-20(12-19)29-3/h4-12,25H,14-15H2,1-3H3,(H,26,28). The van der Waals surface area contributed by atoms with Crippen molar-refractivity contribution < 1.29 is 9.53 Å². The van der Waals surface area contributed by atoms with Gasteiger partial charge in [0.15, 0.2) is 0 Å². The first-order chi connectivity index (χ1) is 14.0. The van der Waals surface area contributed by atoms with Crippen molar-refractivity contribution in [2.24, 2.45) is 0 Å². The van der Waals surface area contributed by atoms with Crippen molar-refractivity contribution in [2.45, 2.75) is 20.4 Å². The number of anilines is 2. The van der Waals surface area contributed by atoms with Gasteiger partial charge in [0.2, 0.25) is 5.91 Å². The third-order valence-electron chi connectivity index (χ3n) is 4.91. The molecule has 0 radical (unpaired) electrons. The molecule has 3 rings (SSSR count). The second kappa shape index (κ2) is 8.98. The Morgan fingerprint density at radius 2 is 1.90 bits per heavy atom.